The minimum absolute atomic E-state index is 0.204. The van der Waals surface area contributed by atoms with Gasteiger partial charge in [0.1, 0.15) is 0 Å². The van der Waals surface area contributed by atoms with E-state index in [9.17, 15) is 29.7 Å². The fourth-order valence-corrected chi connectivity index (χ4v) is 12.2. The third-order valence-electron chi connectivity index (χ3n) is 9.36. The first-order valence-corrected chi connectivity index (χ1v) is 22.8. The fraction of sp³-hybridized carbons (Fsp3) is 0.846. The molecule has 0 unspecified atom stereocenters. The Hall–Kier alpha value is -1.10. The van der Waals surface area contributed by atoms with Crippen molar-refractivity contribution in [2.45, 2.75) is 212 Å². The summed E-state index contributed by atoms with van der Waals surface area (Å²) >= 11 is -0.556. The molecule has 0 radical (unpaired) electrons. The number of carboxylic acid groups (broad SMARTS) is 3. The Balaban J connectivity index is 2.22. The molecule has 1 aliphatic heterocycles. The summed E-state index contributed by atoms with van der Waals surface area (Å²) in [5.74, 6) is -2.76. The second-order valence-corrected chi connectivity index (χ2v) is 18.7. The van der Waals surface area contributed by atoms with E-state index in [2.05, 4.69) is 0 Å². The van der Waals surface area contributed by atoms with Gasteiger partial charge >= 0.3 is 240 Å². The maximum absolute atomic E-state index is 10.5. The van der Waals surface area contributed by atoms with Gasteiger partial charge in [-0.2, -0.15) is 0 Å². The van der Waals surface area contributed by atoms with Crippen LogP contribution in [0.25, 0.3) is 0 Å². The van der Waals surface area contributed by atoms with Crippen LogP contribution in [0.4, 0.5) is 0 Å². The van der Waals surface area contributed by atoms with Gasteiger partial charge in [0.05, 0.1) is 0 Å². The van der Waals surface area contributed by atoms with Crippen molar-refractivity contribution in [3.05, 3.63) is 8.85 Å². The summed E-state index contributed by atoms with van der Waals surface area (Å²) < 4.78 is 3.86. The smallest absolute Gasteiger partial charge is 0.550 e. The quantitative estimate of drug-likeness (QED) is 0.0485. The molecule has 1 heterocycles. The number of unbranched alkanes of at least 4 members (excludes halogenated alkanes) is 24. The van der Waals surface area contributed by atoms with Crippen LogP contribution in [0.15, 0.2) is 8.85 Å². The molecule has 0 aromatic heterocycles. The van der Waals surface area contributed by atoms with Crippen LogP contribution in [0.3, 0.4) is 0 Å². The standard InChI is InChI=1S/C39H69O6.Bi/c40-37(41)33-27-21-15-9-3-1-6-12-18-24-30-36(32-26-20-14-8-5-11-17-23-29-35-39(44)45)31-25-19-13-7-2-4-10-16-22-28-34-38(42)43;/h1-29,32-35H2,(H,40,41)(H,42,43)(H,44,45);/p-3. The van der Waals surface area contributed by atoms with Gasteiger partial charge in [-0.3, -0.25) is 0 Å². The molecule has 0 saturated heterocycles. The minimum Gasteiger partial charge on any atom is -0.550 e. The van der Waals surface area contributed by atoms with E-state index in [1.807, 2.05) is 12.1 Å². The first kappa shape index (κ1) is 42.9. The predicted octanol–water partition coefficient (Wildman–Crippen LogP) is 7.25. The van der Waals surface area contributed by atoms with Gasteiger partial charge in [0.2, 0.25) is 0 Å². The molecule has 0 saturated carbocycles. The molecule has 7 heteroatoms. The molecule has 0 aliphatic carbocycles. The summed E-state index contributed by atoms with van der Waals surface area (Å²) in [6.07, 6.45) is 36.9. The number of carbonyl (C=O) groups excluding carboxylic acids is 3. The molecule has 0 atom stereocenters. The van der Waals surface area contributed by atoms with E-state index < -0.39 is 40.7 Å². The van der Waals surface area contributed by atoms with Crippen molar-refractivity contribution < 1.29 is 29.7 Å². The van der Waals surface area contributed by atoms with Gasteiger partial charge in [-0.15, -0.1) is 0 Å². The maximum atomic E-state index is 10.5. The van der Waals surface area contributed by atoms with E-state index in [0.717, 1.165) is 57.8 Å². The molecular weight excluding hydrogens is 773 g/mol. The molecule has 0 N–H and O–H groups in total. The second-order valence-electron chi connectivity index (χ2n) is 13.6. The molecular formula is C39H66BiO6-3. The zero-order valence-electron chi connectivity index (χ0n) is 29.2. The number of hydrogen-bond donors (Lipinski definition) is 0. The van der Waals surface area contributed by atoms with Crippen LogP contribution >= 0.6 is 0 Å². The van der Waals surface area contributed by atoms with Crippen molar-refractivity contribution in [3.8, 4) is 0 Å². The average Bonchev–Trinajstić information content (AvgIpc) is 3.00. The monoisotopic (exact) mass is 839 g/mol. The summed E-state index contributed by atoms with van der Waals surface area (Å²) in [5, 5.41) is 31.5. The van der Waals surface area contributed by atoms with E-state index >= 15 is 0 Å². The first-order valence-electron chi connectivity index (χ1n) is 19.3. The Morgan fingerprint density at radius 1 is 0.348 bits per heavy atom. The zero-order valence-corrected chi connectivity index (χ0v) is 32.7. The Morgan fingerprint density at radius 3 is 0.935 bits per heavy atom. The Morgan fingerprint density at radius 2 is 0.609 bits per heavy atom. The number of hydrogen-bond acceptors (Lipinski definition) is 6. The topological polar surface area (TPSA) is 120 Å². The zero-order chi connectivity index (χ0) is 33.5. The van der Waals surface area contributed by atoms with Gasteiger partial charge in [0, 0.05) is 17.9 Å². The Bertz CT molecular complexity index is 865. The molecule has 6 nitrogen and oxygen atoms in total. The van der Waals surface area contributed by atoms with Crippen molar-refractivity contribution in [2.75, 3.05) is 0 Å². The minimum atomic E-state index is -0.921. The summed E-state index contributed by atoms with van der Waals surface area (Å²) in [5.41, 5.74) is 1.82. The van der Waals surface area contributed by atoms with Gasteiger partial charge in [-0.1, -0.05) is 0 Å². The average molecular weight is 840 g/mol. The number of aliphatic carboxylic acids is 3. The van der Waals surface area contributed by atoms with E-state index in [1.165, 1.54) is 135 Å². The normalized spacial score (nSPS) is 12.7. The summed E-state index contributed by atoms with van der Waals surface area (Å²) in [6, 6.07) is 0. The van der Waals surface area contributed by atoms with E-state index in [4.69, 9.17) is 0 Å². The molecule has 1 rings (SSSR count). The predicted molar refractivity (Wildman–Crippen MR) is 185 cm³/mol. The van der Waals surface area contributed by atoms with Crippen molar-refractivity contribution in [1.29, 1.82) is 0 Å². The van der Waals surface area contributed by atoms with Crippen LogP contribution in [-0.2, 0) is 14.4 Å². The van der Waals surface area contributed by atoms with E-state index in [0.29, 0.717) is 0 Å². The molecule has 0 aromatic carbocycles. The van der Waals surface area contributed by atoms with E-state index in [1.54, 1.807) is 0 Å². The van der Waals surface area contributed by atoms with Crippen molar-refractivity contribution in [1.82, 2.24) is 0 Å². The second kappa shape index (κ2) is 31.2. The number of allylic oxidation sites excluding steroid dienone is 2. The third kappa shape index (κ3) is 26.9. The van der Waals surface area contributed by atoms with Gasteiger partial charge in [-0.25, -0.2) is 0 Å². The van der Waals surface area contributed by atoms with Crippen molar-refractivity contribution in [3.63, 3.8) is 0 Å². The van der Waals surface area contributed by atoms with E-state index in [-0.39, 0.29) is 19.3 Å². The van der Waals surface area contributed by atoms with Crippen LogP contribution in [0.5, 0.6) is 0 Å². The molecule has 0 amide bonds. The molecule has 0 spiro atoms. The van der Waals surface area contributed by atoms with Crippen LogP contribution in [-0.4, -0.2) is 43.9 Å². The van der Waals surface area contributed by atoms with Crippen LogP contribution in [0.2, 0.25) is 0 Å². The Labute approximate surface area is 293 Å². The molecule has 0 aromatic rings. The van der Waals surface area contributed by atoms with Gasteiger partial charge < -0.3 is 29.7 Å². The molecule has 0 fully saturated rings. The van der Waals surface area contributed by atoms with Gasteiger partial charge in [-0.05, 0) is 6.42 Å². The molecule has 0 bridgehead atoms. The molecule has 266 valence electrons. The number of carbonyl (C=O) groups is 3. The van der Waals surface area contributed by atoms with Crippen LogP contribution in [0.1, 0.15) is 212 Å². The molecule has 46 heavy (non-hydrogen) atoms. The van der Waals surface area contributed by atoms with Crippen LogP contribution in [0, 0.1) is 0 Å². The van der Waals surface area contributed by atoms with Crippen molar-refractivity contribution in [2.24, 2.45) is 0 Å². The number of carboxylic acids is 3. The summed E-state index contributed by atoms with van der Waals surface area (Å²) in [7, 11) is 0. The fourth-order valence-electron chi connectivity index (χ4n) is 6.52. The summed E-state index contributed by atoms with van der Waals surface area (Å²) in [6.45, 7) is 0. The SMILES string of the molecule is O=C([O-])CCCCCCCCCCC[C]1=[Bi][C](CCCCCCCCCCCC(=O)[O-])=C1CCCCCCCCCCCC(=O)[O-]. The van der Waals surface area contributed by atoms with Crippen LogP contribution < -0.4 is 15.3 Å². The number of rotatable bonds is 36. The third-order valence-corrected chi connectivity index (χ3v) is 15.3. The van der Waals surface area contributed by atoms with Crippen molar-refractivity contribution >= 4 is 43.9 Å². The van der Waals surface area contributed by atoms with Gasteiger partial charge in [0.25, 0.3) is 0 Å². The van der Waals surface area contributed by atoms with Gasteiger partial charge in [0.15, 0.2) is 0 Å². The first-order chi connectivity index (χ1) is 22.4. The Kier molecular flexibility index (Phi) is 29.1. The summed E-state index contributed by atoms with van der Waals surface area (Å²) in [4.78, 5) is 31.5. The molecule has 1 aliphatic rings.